The Bertz CT molecular complexity index is 859. The number of fused-ring (bicyclic) bond motifs is 1. The Morgan fingerprint density at radius 2 is 2.09 bits per heavy atom. The van der Waals surface area contributed by atoms with Crippen LogP contribution in [0.15, 0.2) is 45.5 Å². The van der Waals surface area contributed by atoms with Crippen molar-refractivity contribution in [2.24, 2.45) is 0 Å². The van der Waals surface area contributed by atoms with Crippen LogP contribution in [0.2, 0.25) is 0 Å². The van der Waals surface area contributed by atoms with Crippen molar-refractivity contribution < 1.29 is 19.5 Å². The van der Waals surface area contributed by atoms with Gasteiger partial charge in [-0.1, -0.05) is 12.1 Å². The van der Waals surface area contributed by atoms with Gasteiger partial charge in [-0.2, -0.15) is 0 Å². The van der Waals surface area contributed by atoms with Crippen molar-refractivity contribution in [3.05, 3.63) is 56.5 Å². The van der Waals surface area contributed by atoms with E-state index in [1.54, 1.807) is 25.1 Å². The van der Waals surface area contributed by atoms with Gasteiger partial charge in [0.15, 0.2) is 0 Å². The molecule has 1 aromatic carbocycles. The molecule has 1 aromatic heterocycles. The summed E-state index contributed by atoms with van der Waals surface area (Å²) >= 11 is 0. The fourth-order valence-corrected chi connectivity index (χ4v) is 2.87. The highest BCUT2D eigenvalue weighted by Crippen LogP contribution is 2.40. The number of hydrogen-bond donors (Lipinski definition) is 2. The first-order valence-corrected chi connectivity index (χ1v) is 6.69. The normalized spacial score (nSPS) is 18.3. The molecule has 0 bridgehead atoms. The standard InChI is InChI=1S/C14H12N4O5/c1-6-10(14(19)20)11(13(18(21)22)7(2)15-6)8-4-3-5-9-12(8)17-23-16-9/h3-5,11,15H,1-2H3,(H,19,20)/t11-/m0/s1. The summed E-state index contributed by atoms with van der Waals surface area (Å²) in [6.45, 7) is 3.10. The van der Waals surface area contributed by atoms with Crippen LogP contribution in [0.1, 0.15) is 25.3 Å². The summed E-state index contributed by atoms with van der Waals surface area (Å²) in [5.74, 6) is -2.31. The second-order valence-corrected chi connectivity index (χ2v) is 5.15. The third kappa shape index (κ3) is 2.22. The highest BCUT2D eigenvalue weighted by atomic mass is 16.6. The van der Waals surface area contributed by atoms with Crippen LogP contribution in [0.3, 0.4) is 0 Å². The summed E-state index contributed by atoms with van der Waals surface area (Å²) in [4.78, 5) is 22.7. The second-order valence-electron chi connectivity index (χ2n) is 5.15. The average Bonchev–Trinajstić information content (AvgIpc) is 2.93. The lowest BCUT2D eigenvalue weighted by molar-refractivity contribution is -0.431. The molecule has 2 heterocycles. The molecule has 3 rings (SSSR count). The molecule has 0 aliphatic carbocycles. The minimum Gasteiger partial charge on any atom is -0.478 e. The number of aliphatic carboxylic acids is 1. The molecule has 0 saturated heterocycles. The predicted octanol–water partition coefficient (Wildman–Crippen LogP) is 1.78. The molecule has 23 heavy (non-hydrogen) atoms. The van der Waals surface area contributed by atoms with Crippen molar-refractivity contribution in [1.29, 1.82) is 0 Å². The number of hydrogen-bond acceptors (Lipinski definition) is 7. The molecule has 9 nitrogen and oxygen atoms in total. The average molecular weight is 316 g/mol. The van der Waals surface area contributed by atoms with Gasteiger partial charge in [0.25, 0.3) is 5.70 Å². The summed E-state index contributed by atoms with van der Waals surface area (Å²) in [5, 5.41) is 31.3. The summed E-state index contributed by atoms with van der Waals surface area (Å²) in [7, 11) is 0. The zero-order valence-corrected chi connectivity index (χ0v) is 12.2. The summed E-state index contributed by atoms with van der Waals surface area (Å²) in [5.41, 5.74) is 1.38. The van der Waals surface area contributed by atoms with Crippen molar-refractivity contribution in [3.63, 3.8) is 0 Å². The molecule has 1 aliphatic rings. The van der Waals surface area contributed by atoms with Crippen LogP contribution in [0.25, 0.3) is 11.0 Å². The van der Waals surface area contributed by atoms with Gasteiger partial charge < -0.3 is 10.4 Å². The molecular weight excluding hydrogens is 304 g/mol. The molecule has 0 unspecified atom stereocenters. The molecule has 9 heteroatoms. The van der Waals surface area contributed by atoms with Crippen LogP contribution >= 0.6 is 0 Å². The third-order valence-corrected chi connectivity index (χ3v) is 3.78. The van der Waals surface area contributed by atoms with E-state index in [1.807, 2.05) is 0 Å². The molecular formula is C14H12N4O5. The van der Waals surface area contributed by atoms with Gasteiger partial charge in [-0.15, -0.1) is 0 Å². The molecule has 1 aliphatic heterocycles. The van der Waals surface area contributed by atoms with E-state index in [-0.39, 0.29) is 17.0 Å². The number of nitro groups is 1. The Labute approximate surface area is 129 Å². The lowest BCUT2D eigenvalue weighted by Gasteiger charge is -2.25. The van der Waals surface area contributed by atoms with Gasteiger partial charge in [-0.05, 0) is 30.2 Å². The molecule has 0 fully saturated rings. The minimum atomic E-state index is -1.24. The Kier molecular flexibility index (Phi) is 3.32. The highest BCUT2D eigenvalue weighted by molar-refractivity contribution is 5.92. The van der Waals surface area contributed by atoms with Crippen LogP contribution < -0.4 is 5.32 Å². The number of dihydropyridines is 1. The second kappa shape index (κ2) is 5.20. The first-order valence-electron chi connectivity index (χ1n) is 6.69. The van der Waals surface area contributed by atoms with Gasteiger partial charge in [0.1, 0.15) is 17.0 Å². The molecule has 118 valence electrons. The van der Waals surface area contributed by atoms with Crippen LogP contribution in [0.4, 0.5) is 0 Å². The lowest BCUT2D eigenvalue weighted by atomic mass is 9.83. The predicted molar refractivity (Wildman–Crippen MR) is 77.7 cm³/mol. The van der Waals surface area contributed by atoms with Crippen molar-refractivity contribution >= 4 is 17.0 Å². The fourth-order valence-electron chi connectivity index (χ4n) is 2.87. The molecule has 0 spiro atoms. The van der Waals surface area contributed by atoms with E-state index >= 15 is 0 Å². The first kappa shape index (κ1) is 14.7. The van der Waals surface area contributed by atoms with E-state index in [4.69, 9.17) is 0 Å². The number of benzene rings is 1. The number of aromatic nitrogens is 2. The van der Waals surface area contributed by atoms with Gasteiger partial charge in [-0.25, -0.2) is 9.42 Å². The van der Waals surface area contributed by atoms with E-state index in [0.717, 1.165) is 0 Å². The zero-order chi connectivity index (χ0) is 16.7. The lowest BCUT2D eigenvalue weighted by Crippen LogP contribution is -2.30. The summed E-state index contributed by atoms with van der Waals surface area (Å²) in [6.07, 6.45) is 0. The maximum Gasteiger partial charge on any atom is 0.334 e. The molecule has 2 aromatic rings. The fraction of sp³-hybridized carbons (Fsp3) is 0.214. The molecule has 0 amide bonds. The van der Waals surface area contributed by atoms with Crippen LogP contribution in [-0.2, 0) is 4.79 Å². The Morgan fingerprint density at radius 3 is 2.74 bits per heavy atom. The quantitative estimate of drug-likeness (QED) is 0.647. The first-order chi connectivity index (χ1) is 10.9. The Balaban J connectivity index is 2.33. The van der Waals surface area contributed by atoms with Crippen LogP contribution in [0, 0.1) is 10.1 Å². The Hall–Kier alpha value is -3.23. The summed E-state index contributed by atoms with van der Waals surface area (Å²) < 4.78 is 4.68. The van der Waals surface area contributed by atoms with E-state index in [2.05, 4.69) is 20.3 Å². The van der Waals surface area contributed by atoms with Crippen LogP contribution in [-0.4, -0.2) is 26.3 Å². The van der Waals surface area contributed by atoms with Gasteiger partial charge in [0, 0.05) is 11.3 Å². The minimum absolute atomic E-state index is 0.0993. The topological polar surface area (TPSA) is 131 Å². The van der Waals surface area contributed by atoms with Gasteiger partial charge in [0.05, 0.1) is 16.2 Å². The van der Waals surface area contributed by atoms with Crippen molar-refractivity contribution in [3.8, 4) is 0 Å². The van der Waals surface area contributed by atoms with E-state index in [1.165, 1.54) is 6.92 Å². The van der Waals surface area contributed by atoms with Crippen molar-refractivity contribution in [1.82, 2.24) is 15.6 Å². The largest absolute Gasteiger partial charge is 0.478 e. The van der Waals surface area contributed by atoms with Gasteiger partial charge in [0.2, 0.25) is 0 Å². The number of allylic oxidation sites excluding steroid dienone is 3. The summed E-state index contributed by atoms with van der Waals surface area (Å²) in [6, 6.07) is 4.86. The van der Waals surface area contributed by atoms with Gasteiger partial charge >= 0.3 is 5.97 Å². The molecule has 0 radical (unpaired) electrons. The van der Waals surface area contributed by atoms with E-state index < -0.39 is 16.8 Å². The number of nitrogens with one attached hydrogen (secondary N) is 1. The van der Waals surface area contributed by atoms with E-state index in [9.17, 15) is 20.0 Å². The smallest absolute Gasteiger partial charge is 0.334 e. The number of carboxylic acid groups (broad SMARTS) is 1. The molecule has 2 N–H and O–H groups in total. The SMILES string of the molecule is CC1=C(C(=O)O)[C@H](c2cccc3nonc23)C([N+](=O)[O-])=C(C)N1. The van der Waals surface area contributed by atoms with E-state index in [0.29, 0.717) is 22.3 Å². The van der Waals surface area contributed by atoms with Crippen LogP contribution in [0.5, 0.6) is 0 Å². The number of nitrogens with zero attached hydrogens (tertiary/aromatic N) is 3. The molecule has 1 atom stereocenters. The third-order valence-electron chi connectivity index (χ3n) is 3.78. The van der Waals surface area contributed by atoms with Crippen molar-refractivity contribution in [2.75, 3.05) is 0 Å². The highest BCUT2D eigenvalue weighted by Gasteiger charge is 2.41. The maximum absolute atomic E-state index is 11.7. The number of carbonyl (C=O) groups is 1. The zero-order valence-electron chi connectivity index (χ0n) is 12.2. The maximum atomic E-state index is 11.7. The number of rotatable bonds is 3. The monoisotopic (exact) mass is 316 g/mol. The Morgan fingerprint density at radius 1 is 1.35 bits per heavy atom. The van der Waals surface area contributed by atoms with Crippen molar-refractivity contribution in [2.45, 2.75) is 19.8 Å². The number of carboxylic acids is 1. The van der Waals surface area contributed by atoms with Gasteiger partial charge in [-0.3, -0.25) is 10.1 Å². The molecule has 0 saturated carbocycles.